The summed E-state index contributed by atoms with van der Waals surface area (Å²) >= 11 is 0. The van der Waals surface area contributed by atoms with Crippen molar-refractivity contribution in [1.29, 1.82) is 0 Å². The molecular weight excluding hydrogens is 250 g/mol. The number of anilines is 1. The lowest BCUT2D eigenvalue weighted by Crippen LogP contribution is -2.11. The molecule has 0 spiro atoms. The van der Waals surface area contributed by atoms with Crippen LogP contribution in [0.1, 0.15) is 47.5 Å². The molecule has 0 saturated heterocycles. The number of aryl methyl sites for hydroxylation is 1. The summed E-state index contributed by atoms with van der Waals surface area (Å²) in [5.41, 5.74) is 2.77. The summed E-state index contributed by atoms with van der Waals surface area (Å²) in [5.74, 6) is 0.599. The summed E-state index contributed by atoms with van der Waals surface area (Å²) in [6.07, 6.45) is 8.64. The number of aromatic nitrogens is 2. The summed E-state index contributed by atoms with van der Waals surface area (Å²) in [7, 11) is 1.83. The molecule has 20 heavy (non-hydrogen) atoms. The Morgan fingerprint density at radius 3 is 2.55 bits per heavy atom. The molecular formula is C16H19N3O. The van der Waals surface area contributed by atoms with Crippen LogP contribution in [0.2, 0.25) is 0 Å². The number of benzene rings is 1. The van der Waals surface area contributed by atoms with Crippen molar-refractivity contribution >= 4 is 11.6 Å². The van der Waals surface area contributed by atoms with Crippen molar-refractivity contribution in [3.8, 4) is 0 Å². The summed E-state index contributed by atoms with van der Waals surface area (Å²) in [5, 5.41) is 6.88. The molecule has 1 amide bonds. The van der Waals surface area contributed by atoms with Crippen molar-refractivity contribution in [2.45, 2.75) is 31.6 Å². The molecule has 1 saturated carbocycles. The first-order valence-corrected chi connectivity index (χ1v) is 7.12. The number of hydrogen-bond acceptors (Lipinski definition) is 2. The van der Waals surface area contributed by atoms with Crippen LogP contribution in [-0.4, -0.2) is 15.7 Å². The molecule has 1 N–H and O–H groups in total. The largest absolute Gasteiger partial charge is 0.319 e. The molecule has 2 aromatic rings. The molecule has 0 bridgehead atoms. The molecule has 3 rings (SSSR count). The maximum Gasteiger partial charge on any atom is 0.255 e. The summed E-state index contributed by atoms with van der Waals surface area (Å²) in [6, 6.07) is 8.01. The fourth-order valence-corrected chi connectivity index (χ4v) is 2.85. The van der Waals surface area contributed by atoms with Crippen LogP contribution in [0, 0.1) is 0 Å². The van der Waals surface area contributed by atoms with Crippen molar-refractivity contribution in [1.82, 2.24) is 9.78 Å². The first-order valence-electron chi connectivity index (χ1n) is 7.12. The van der Waals surface area contributed by atoms with Crippen molar-refractivity contribution in [3.63, 3.8) is 0 Å². The minimum absolute atomic E-state index is 0.0871. The van der Waals surface area contributed by atoms with Crippen LogP contribution in [0.5, 0.6) is 0 Å². The van der Waals surface area contributed by atoms with Gasteiger partial charge < -0.3 is 5.32 Å². The minimum atomic E-state index is -0.0871. The molecule has 1 aliphatic carbocycles. The molecule has 1 aromatic carbocycles. The Balaban J connectivity index is 1.68. The predicted molar refractivity (Wildman–Crippen MR) is 78.8 cm³/mol. The molecule has 0 aliphatic heterocycles. The van der Waals surface area contributed by atoms with Crippen molar-refractivity contribution in [2.75, 3.05) is 5.32 Å². The maximum atomic E-state index is 12.1. The fourth-order valence-electron chi connectivity index (χ4n) is 2.85. The van der Waals surface area contributed by atoms with E-state index in [0.29, 0.717) is 11.5 Å². The molecule has 1 fully saturated rings. The lowest BCUT2D eigenvalue weighted by Gasteiger charge is -2.10. The number of nitrogens with one attached hydrogen (secondary N) is 1. The molecule has 0 atom stereocenters. The Bertz CT molecular complexity index is 594. The van der Waals surface area contributed by atoms with Gasteiger partial charge in [-0.1, -0.05) is 25.0 Å². The zero-order chi connectivity index (χ0) is 13.9. The third-order valence-electron chi connectivity index (χ3n) is 3.96. The van der Waals surface area contributed by atoms with E-state index in [2.05, 4.69) is 22.5 Å². The van der Waals surface area contributed by atoms with Crippen molar-refractivity contribution in [3.05, 3.63) is 47.8 Å². The van der Waals surface area contributed by atoms with Crippen LogP contribution in [0.15, 0.2) is 36.7 Å². The number of nitrogens with zero attached hydrogens (tertiary/aromatic N) is 2. The van der Waals surface area contributed by atoms with Crippen LogP contribution < -0.4 is 5.32 Å². The SMILES string of the molecule is Cn1cc(NC(=O)c2ccc(C3CCCC3)cc2)cn1. The number of carbonyl (C=O) groups is 1. The van der Waals surface area contributed by atoms with Gasteiger partial charge in [-0.05, 0) is 36.5 Å². The molecule has 0 radical (unpaired) electrons. The van der Waals surface area contributed by atoms with E-state index in [9.17, 15) is 4.79 Å². The predicted octanol–water partition coefficient (Wildman–Crippen LogP) is 3.33. The zero-order valence-corrected chi connectivity index (χ0v) is 11.7. The van der Waals surface area contributed by atoms with Gasteiger partial charge >= 0.3 is 0 Å². The van der Waals surface area contributed by atoms with Gasteiger partial charge in [-0.15, -0.1) is 0 Å². The highest BCUT2D eigenvalue weighted by atomic mass is 16.1. The van der Waals surface area contributed by atoms with Gasteiger partial charge in [0.05, 0.1) is 11.9 Å². The van der Waals surface area contributed by atoms with E-state index < -0.39 is 0 Å². The number of rotatable bonds is 3. The number of amides is 1. The van der Waals surface area contributed by atoms with E-state index in [1.165, 1.54) is 31.2 Å². The van der Waals surface area contributed by atoms with Gasteiger partial charge in [-0.2, -0.15) is 5.10 Å². The van der Waals surface area contributed by atoms with Crippen LogP contribution in [0.25, 0.3) is 0 Å². The minimum Gasteiger partial charge on any atom is -0.319 e. The number of hydrogen-bond donors (Lipinski definition) is 1. The third kappa shape index (κ3) is 2.74. The molecule has 4 heteroatoms. The van der Waals surface area contributed by atoms with Gasteiger partial charge in [0.25, 0.3) is 5.91 Å². The van der Waals surface area contributed by atoms with E-state index >= 15 is 0 Å². The highest BCUT2D eigenvalue weighted by Crippen LogP contribution is 2.33. The lowest BCUT2D eigenvalue weighted by molar-refractivity contribution is 0.102. The van der Waals surface area contributed by atoms with Crippen LogP contribution >= 0.6 is 0 Å². The molecule has 1 aliphatic rings. The summed E-state index contributed by atoms with van der Waals surface area (Å²) in [4.78, 5) is 12.1. The van der Waals surface area contributed by atoms with E-state index in [0.717, 1.165) is 5.69 Å². The van der Waals surface area contributed by atoms with Crippen LogP contribution in [0.4, 0.5) is 5.69 Å². The highest BCUT2D eigenvalue weighted by Gasteiger charge is 2.17. The normalized spacial score (nSPS) is 15.4. The van der Waals surface area contributed by atoms with Crippen molar-refractivity contribution in [2.24, 2.45) is 7.05 Å². The Morgan fingerprint density at radius 2 is 1.95 bits per heavy atom. The van der Waals surface area contributed by atoms with E-state index in [1.807, 2.05) is 19.2 Å². The van der Waals surface area contributed by atoms with Gasteiger partial charge in [0.2, 0.25) is 0 Å². The lowest BCUT2D eigenvalue weighted by atomic mass is 9.96. The standard InChI is InChI=1S/C16H19N3O/c1-19-11-15(10-17-19)18-16(20)14-8-6-13(7-9-14)12-4-2-3-5-12/h6-12H,2-5H2,1H3,(H,18,20). The second kappa shape index (κ2) is 5.49. The smallest absolute Gasteiger partial charge is 0.255 e. The average Bonchev–Trinajstić information content (AvgIpc) is 3.11. The highest BCUT2D eigenvalue weighted by molar-refractivity contribution is 6.04. The maximum absolute atomic E-state index is 12.1. The van der Waals surface area contributed by atoms with Crippen LogP contribution in [-0.2, 0) is 7.05 Å². The van der Waals surface area contributed by atoms with Gasteiger partial charge in [0, 0.05) is 18.8 Å². The van der Waals surface area contributed by atoms with Crippen LogP contribution in [0.3, 0.4) is 0 Å². The fraction of sp³-hybridized carbons (Fsp3) is 0.375. The van der Waals surface area contributed by atoms with E-state index in [-0.39, 0.29) is 5.91 Å². The zero-order valence-electron chi connectivity index (χ0n) is 11.7. The average molecular weight is 269 g/mol. The third-order valence-corrected chi connectivity index (χ3v) is 3.96. The van der Waals surface area contributed by atoms with E-state index in [1.54, 1.807) is 17.1 Å². The molecule has 4 nitrogen and oxygen atoms in total. The van der Waals surface area contributed by atoms with Gasteiger partial charge in [0.1, 0.15) is 0 Å². The first kappa shape index (κ1) is 12.9. The topological polar surface area (TPSA) is 46.9 Å². The van der Waals surface area contributed by atoms with Gasteiger partial charge in [0.15, 0.2) is 0 Å². The Labute approximate surface area is 118 Å². The Kier molecular flexibility index (Phi) is 3.54. The summed E-state index contributed by atoms with van der Waals surface area (Å²) < 4.78 is 1.67. The Hall–Kier alpha value is -2.10. The van der Waals surface area contributed by atoms with Gasteiger partial charge in [-0.3, -0.25) is 9.48 Å². The van der Waals surface area contributed by atoms with E-state index in [4.69, 9.17) is 0 Å². The second-order valence-corrected chi connectivity index (χ2v) is 5.46. The molecule has 104 valence electrons. The second-order valence-electron chi connectivity index (χ2n) is 5.46. The Morgan fingerprint density at radius 1 is 1.25 bits per heavy atom. The molecule has 1 heterocycles. The van der Waals surface area contributed by atoms with Crippen molar-refractivity contribution < 1.29 is 4.79 Å². The number of carbonyl (C=O) groups excluding carboxylic acids is 1. The molecule has 0 unspecified atom stereocenters. The monoisotopic (exact) mass is 269 g/mol. The van der Waals surface area contributed by atoms with Gasteiger partial charge in [-0.25, -0.2) is 0 Å². The molecule has 1 aromatic heterocycles. The first-order chi connectivity index (χ1) is 9.72. The quantitative estimate of drug-likeness (QED) is 0.929. The summed E-state index contributed by atoms with van der Waals surface area (Å²) in [6.45, 7) is 0.